The molecular formula is C18H14BrNO3. The number of amides is 2. The van der Waals surface area contributed by atoms with Crippen LogP contribution in [0.3, 0.4) is 0 Å². The van der Waals surface area contributed by atoms with Crippen LogP contribution in [0.5, 0.6) is 0 Å². The first kappa shape index (κ1) is 15.5. The van der Waals surface area contributed by atoms with E-state index < -0.39 is 12.0 Å². The Bertz CT molecular complexity index is 758. The summed E-state index contributed by atoms with van der Waals surface area (Å²) in [7, 11) is 0. The van der Waals surface area contributed by atoms with Crippen molar-refractivity contribution in [3.63, 3.8) is 0 Å². The van der Waals surface area contributed by atoms with Crippen molar-refractivity contribution < 1.29 is 14.3 Å². The number of benzene rings is 2. The molecule has 2 aromatic rings. The van der Waals surface area contributed by atoms with Crippen molar-refractivity contribution in [2.24, 2.45) is 0 Å². The Kier molecular flexibility index (Phi) is 4.57. The van der Waals surface area contributed by atoms with Crippen molar-refractivity contribution in [1.29, 1.82) is 0 Å². The summed E-state index contributed by atoms with van der Waals surface area (Å²) in [5.74, 6) is -0.392. The van der Waals surface area contributed by atoms with Gasteiger partial charge in [-0.1, -0.05) is 64.5 Å². The number of carbonyl (C=O) groups excluding carboxylic acids is 2. The van der Waals surface area contributed by atoms with Crippen molar-refractivity contribution in [2.75, 3.05) is 6.61 Å². The van der Waals surface area contributed by atoms with Gasteiger partial charge in [0.15, 0.2) is 0 Å². The molecule has 0 unspecified atom stereocenters. The highest BCUT2D eigenvalue weighted by Crippen LogP contribution is 2.28. The number of ether oxygens (including phenoxy) is 1. The van der Waals surface area contributed by atoms with Gasteiger partial charge < -0.3 is 4.74 Å². The zero-order chi connectivity index (χ0) is 16.2. The maximum absolute atomic E-state index is 12.4. The van der Waals surface area contributed by atoms with Crippen LogP contribution in [0.25, 0.3) is 6.08 Å². The Morgan fingerprint density at radius 2 is 1.83 bits per heavy atom. The predicted molar refractivity (Wildman–Crippen MR) is 90.6 cm³/mol. The number of carbonyl (C=O) groups is 2. The van der Waals surface area contributed by atoms with Gasteiger partial charge in [-0.15, -0.1) is 0 Å². The van der Waals surface area contributed by atoms with Crippen LogP contribution >= 0.6 is 15.9 Å². The van der Waals surface area contributed by atoms with Crippen LogP contribution in [-0.2, 0) is 9.53 Å². The number of hydrogen-bond acceptors (Lipinski definition) is 3. The molecule has 0 saturated carbocycles. The molecule has 1 saturated heterocycles. The van der Waals surface area contributed by atoms with Gasteiger partial charge in [-0.2, -0.15) is 0 Å². The van der Waals surface area contributed by atoms with E-state index in [-0.39, 0.29) is 12.6 Å². The molecule has 0 aliphatic carbocycles. The third-order valence-corrected chi connectivity index (χ3v) is 4.33. The van der Waals surface area contributed by atoms with Crippen LogP contribution in [-0.4, -0.2) is 23.5 Å². The van der Waals surface area contributed by atoms with E-state index in [0.29, 0.717) is 0 Å². The number of halogens is 1. The first-order valence-corrected chi connectivity index (χ1v) is 7.93. The minimum absolute atomic E-state index is 0.178. The van der Waals surface area contributed by atoms with Gasteiger partial charge in [0.25, 0.3) is 5.91 Å². The van der Waals surface area contributed by atoms with E-state index >= 15 is 0 Å². The van der Waals surface area contributed by atoms with Crippen molar-refractivity contribution in [1.82, 2.24) is 4.90 Å². The molecule has 2 aromatic carbocycles. The van der Waals surface area contributed by atoms with Crippen LogP contribution in [0.2, 0.25) is 0 Å². The minimum Gasteiger partial charge on any atom is -0.446 e. The molecule has 0 spiro atoms. The fourth-order valence-electron chi connectivity index (χ4n) is 2.44. The van der Waals surface area contributed by atoms with Gasteiger partial charge in [0.2, 0.25) is 0 Å². The summed E-state index contributed by atoms with van der Waals surface area (Å²) in [5, 5.41) is 0. The van der Waals surface area contributed by atoms with E-state index in [2.05, 4.69) is 15.9 Å². The number of rotatable bonds is 3. The largest absolute Gasteiger partial charge is 0.446 e. The zero-order valence-electron chi connectivity index (χ0n) is 12.2. The Hall–Kier alpha value is -2.40. The smallest absolute Gasteiger partial charge is 0.417 e. The van der Waals surface area contributed by atoms with Gasteiger partial charge in [-0.05, 0) is 23.3 Å². The Balaban J connectivity index is 1.82. The lowest BCUT2D eigenvalue weighted by Gasteiger charge is -2.18. The van der Waals surface area contributed by atoms with E-state index in [4.69, 9.17) is 4.74 Å². The fourth-order valence-corrected chi connectivity index (χ4v) is 2.85. The summed E-state index contributed by atoms with van der Waals surface area (Å²) < 4.78 is 5.93. The minimum atomic E-state index is -0.611. The highest BCUT2D eigenvalue weighted by atomic mass is 79.9. The Morgan fingerprint density at radius 3 is 2.57 bits per heavy atom. The molecule has 0 radical (unpaired) electrons. The zero-order valence-corrected chi connectivity index (χ0v) is 13.8. The average Bonchev–Trinajstić information content (AvgIpc) is 2.96. The van der Waals surface area contributed by atoms with Crippen LogP contribution in [0.4, 0.5) is 4.79 Å². The molecule has 23 heavy (non-hydrogen) atoms. The quantitative estimate of drug-likeness (QED) is 0.760. The van der Waals surface area contributed by atoms with Crippen LogP contribution in [0.1, 0.15) is 17.2 Å². The molecule has 1 atom stereocenters. The Morgan fingerprint density at radius 1 is 1.13 bits per heavy atom. The highest BCUT2D eigenvalue weighted by molar-refractivity contribution is 9.10. The van der Waals surface area contributed by atoms with Crippen molar-refractivity contribution in [3.8, 4) is 0 Å². The monoisotopic (exact) mass is 371 g/mol. The molecule has 5 heteroatoms. The molecule has 116 valence electrons. The molecule has 1 aliphatic heterocycles. The molecule has 1 aliphatic rings. The Labute approximate surface area is 142 Å². The average molecular weight is 372 g/mol. The lowest BCUT2D eigenvalue weighted by Crippen LogP contribution is -2.32. The second-order valence-corrected chi connectivity index (χ2v) is 5.92. The van der Waals surface area contributed by atoms with E-state index in [1.807, 2.05) is 54.6 Å². The summed E-state index contributed by atoms with van der Waals surface area (Å²) in [6, 6.07) is 16.6. The number of imide groups is 1. The maximum Gasteiger partial charge on any atom is 0.417 e. The lowest BCUT2D eigenvalue weighted by molar-refractivity contribution is -0.124. The van der Waals surface area contributed by atoms with E-state index in [0.717, 1.165) is 20.5 Å². The van der Waals surface area contributed by atoms with Gasteiger partial charge in [0.05, 0.1) is 0 Å². The third kappa shape index (κ3) is 3.35. The van der Waals surface area contributed by atoms with Crippen LogP contribution in [0, 0.1) is 0 Å². The molecule has 0 bridgehead atoms. The molecule has 0 N–H and O–H groups in total. The van der Waals surface area contributed by atoms with Gasteiger partial charge in [0.1, 0.15) is 12.6 Å². The number of hydrogen-bond donors (Lipinski definition) is 0. The number of cyclic esters (lactones) is 1. The van der Waals surface area contributed by atoms with Crippen LogP contribution < -0.4 is 0 Å². The van der Waals surface area contributed by atoms with Gasteiger partial charge in [-0.3, -0.25) is 4.79 Å². The third-order valence-electron chi connectivity index (χ3n) is 3.61. The van der Waals surface area contributed by atoms with Gasteiger partial charge in [-0.25, -0.2) is 9.69 Å². The molecule has 3 rings (SSSR count). The summed E-state index contributed by atoms with van der Waals surface area (Å²) >= 11 is 3.42. The summed E-state index contributed by atoms with van der Waals surface area (Å²) in [6.07, 6.45) is 2.46. The number of nitrogens with zero attached hydrogens (tertiary/aromatic N) is 1. The van der Waals surface area contributed by atoms with Gasteiger partial charge in [0, 0.05) is 10.5 Å². The molecule has 0 aromatic heterocycles. The fraction of sp³-hybridized carbons (Fsp3) is 0.111. The first-order valence-electron chi connectivity index (χ1n) is 7.14. The van der Waals surface area contributed by atoms with Crippen molar-refractivity contribution >= 4 is 34.0 Å². The predicted octanol–water partition coefficient (Wildman–Crippen LogP) is 4.18. The summed E-state index contributed by atoms with van der Waals surface area (Å²) in [6.45, 7) is 0.178. The first-order chi connectivity index (χ1) is 11.2. The van der Waals surface area contributed by atoms with E-state index in [9.17, 15) is 9.59 Å². The normalized spacial score (nSPS) is 17.5. The standard InChI is InChI=1S/C18H14BrNO3/c19-15-9-5-4-6-13(15)10-11-17(21)20-16(12-23-18(20)22)14-7-2-1-3-8-14/h1-11,16H,12H2/b11-10+/t16-/m1/s1. The molecule has 4 nitrogen and oxygen atoms in total. The molecule has 1 heterocycles. The molecular weight excluding hydrogens is 358 g/mol. The summed E-state index contributed by atoms with van der Waals surface area (Å²) in [4.78, 5) is 25.5. The topological polar surface area (TPSA) is 46.6 Å². The molecule has 2 amide bonds. The van der Waals surface area contributed by atoms with E-state index in [1.165, 1.54) is 6.08 Å². The lowest BCUT2D eigenvalue weighted by atomic mass is 10.1. The van der Waals surface area contributed by atoms with E-state index in [1.54, 1.807) is 6.08 Å². The summed E-state index contributed by atoms with van der Waals surface area (Å²) in [5.41, 5.74) is 1.74. The SMILES string of the molecule is O=C(/C=C/c1ccccc1Br)N1C(=O)OC[C@@H]1c1ccccc1. The second-order valence-electron chi connectivity index (χ2n) is 5.07. The van der Waals surface area contributed by atoms with Gasteiger partial charge >= 0.3 is 6.09 Å². The molecule has 1 fully saturated rings. The van der Waals surface area contributed by atoms with Crippen LogP contribution in [0.15, 0.2) is 65.1 Å². The second kappa shape index (κ2) is 6.79. The maximum atomic E-state index is 12.4. The van der Waals surface area contributed by atoms with Crippen molar-refractivity contribution in [3.05, 3.63) is 76.3 Å². The van der Waals surface area contributed by atoms with Crippen molar-refractivity contribution in [2.45, 2.75) is 6.04 Å². The highest BCUT2D eigenvalue weighted by Gasteiger charge is 2.37.